The number of para-hydroxylation sites is 1. The predicted molar refractivity (Wildman–Crippen MR) is 68.4 cm³/mol. The molecule has 21 heavy (non-hydrogen) atoms. The summed E-state index contributed by atoms with van der Waals surface area (Å²) >= 11 is 0. The molecule has 1 unspecified atom stereocenters. The highest BCUT2D eigenvalue weighted by molar-refractivity contribution is 5.96. The Balaban J connectivity index is 2.03. The SMILES string of the molecule is CC(OC(=O)C1CC1)C(=O)Nc1ccccc1C(F)(F)F. The molecule has 0 aliphatic heterocycles. The monoisotopic (exact) mass is 301 g/mol. The standard InChI is InChI=1S/C14H14F3NO3/c1-8(21-13(20)9-6-7-9)12(19)18-11-5-3-2-4-10(11)14(15,16)17/h2-5,8-9H,6-7H2,1H3,(H,18,19). The average molecular weight is 301 g/mol. The number of esters is 1. The normalized spacial score (nSPS) is 16.2. The van der Waals surface area contributed by atoms with Crippen LogP contribution in [0.4, 0.5) is 18.9 Å². The van der Waals surface area contributed by atoms with Crippen molar-refractivity contribution in [3.05, 3.63) is 29.8 Å². The highest BCUT2D eigenvalue weighted by atomic mass is 19.4. The zero-order valence-corrected chi connectivity index (χ0v) is 11.2. The molecule has 1 amide bonds. The van der Waals surface area contributed by atoms with E-state index in [1.165, 1.54) is 19.1 Å². The number of carbonyl (C=O) groups excluding carboxylic acids is 2. The summed E-state index contributed by atoms with van der Waals surface area (Å²) in [5, 5.41) is 2.15. The Morgan fingerprint density at radius 2 is 1.90 bits per heavy atom. The van der Waals surface area contributed by atoms with Crippen LogP contribution >= 0.6 is 0 Å². The molecule has 1 aromatic rings. The smallest absolute Gasteiger partial charge is 0.418 e. The van der Waals surface area contributed by atoms with E-state index in [2.05, 4.69) is 5.32 Å². The number of anilines is 1. The van der Waals surface area contributed by atoms with Crippen molar-refractivity contribution in [2.75, 3.05) is 5.32 Å². The van der Waals surface area contributed by atoms with E-state index in [4.69, 9.17) is 4.74 Å². The van der Waals surface area contributed by atoms with Crippen LogP contribution in [0.5, 0.6) is 0 Å². The number of amides is 1. The number of ether oxygens (including phenoxy) is 1. The Bertz CT molecular complexity index is 553. The van der Waals surface area contributed by atoms with Crippen LogP contribution in [0.15, 0.2) is 24.3 Å². The summed E-state index contributed by atoms with van der Waals surface area (Å²) in [5.74, 6) is -1.45. The number of nitrogens with one attached hydrogen (secondary N) is 1. The Labute approximate surface area is 119 Å². The van der Waals surface area contributed by atoms with Gasteiger partial charge in [0.1, 0.15) is 0 Å². The molecule has 0 saturated heterocycles. The van der Waals surface area contributed by atoms with Crippen molar-refractivity contribution in [3.8, 4) is 0 Å². The minimum atomic E-state index is -4.57. The lowest BCUT2D eigenvalue weighted by Gasteiger charge is -2.16. The van der Waals surface area contributed by atoms with Crippen molar-refractivity contribution in [2.24, 2.45) is 5.92 Å². The minimum absolute atomic E-state index is 0.178. The van der Waals surface area contributed by atoms with Crippen molar-refractivity contribution in [2.45, 2.75) is 32.0 Å². The van der Waals surface area contributed by atoms with Gasteiger partial charge in [-0.25, -0.2) is 0 Å². The van der Waals surface area contributed by atoms with Gasteiger partial charge in [0.25, 0.3) is 5.91 Å². The van der Waals surface area contributed by atoms with Crippen LogP contribution in [-0.4, -0.2) is 18.0 Å². The maximum absolute atomic E-state index is 12.8. The summed E-state index contributed by atoms with van der Waals surface area (Å²) in [6.07, 6.45) is -4.26. The van der Waals surface area contributed by atoms with Crippen molar-refractivity contribution in [3.63, 3.8) is 0 Å². The molecule has 1 fully saturated rings. The van der Waals surface area contributed by atoms with Gasteiger partial charge in [-0.3, -0.25) is 9.59 Å². The zero-order valence-electron chi connectivity index (χ0n) is 11.2. The van der Waals surface area contributed by atoms with Gasteiger partial charge in [0.05, 0.1) is 17.2 Å². The first kappa shape index (κ1) is 15.3. The molecule has 1 aliphatic rings. The minimum Gasteiger partial charge on any atom is -0.452 e. The fourth-order valence-electron chi connectivity index (χ4n) is 1.72. The summed E-state index contributed by atoms with van der Waals surface area (Å²) in [5.41, 5.74) is -1.30. The van der Waals surface area contributed by atoms with Crippen LogP contribution < -0.4 is 5.32 Å². The Morgan fingerprint density at radius 3 is 2.48 bits per heavy atom. The van der Waals surface area contributed by atoms with Gasteiger partial charge in [-0.15, -0.1) is 0 Å². The van der Waals surface area contributed by atoms with Crippen molar-refractivity contribution in [1.29, 1.82) is 0 Å². The first-order valence-corrected chi connectivity index (χ1v) is 6.46. The number of carbonyl (C=O) groups is 2. The largest absolute Gasteiger partial charge is 0.452 e. The molecule has 1 N–H and O–H groups in total. The van der Waals surface area contributed by atoms with E-state index in [9.17, 15) is 22.8 Å². The molecule has 1 saturated carbocycles. The van der Waals surface area contributed by atoms with Gasteiger partial charge >= 0.3 is 12.1 Å². The van der Waals surface area contributed by atoms with E-state index in [1.807, 2.05) is 0 Å². The van der Waals surface area contributed by atoms with Gasteiger partial charge in [0, 0.05) is 0 Å². The van der Waals surface area contributed by atoms with Crippen LogP contribution in [0, 0.1) is 5.92 Å². The van der Waals surface area contributed by atoms with Gasteiger partial charge < -0.3 is 10.1 Å². The van der Waals surface area contributed by atoms with Crippen LogP contribution in [0.2, 0.25) is 0 Å². The number of alkyl halides is 3. The molecule has 114 valence electrons. The molecule has 1 aromatic carbocycles. The molecule has 1 atom stereocenters. The molecule has 0 radical (unpaired) electrons. The fraction of sp³-hybridized carbons (Fsp3) is 0.429. The molecule has 2 rings (SSSR count). The van der Waals surface area contributed by atoms with E-state index in [-0.39, 0.29) is 11.6 Å². The van der Waals surface area contributed by atoms with Gasteiger partial charge in [-0.05, 0) is 31.9 Å². The van der Waals surface area contributed by atoms with Crippen molar-refractivity contribution >= 4 is 17.6 Å². The van der Waals surface area contributed by atoms with Crippen molar-refractivity contribution < 1.29 is 27.5 Å². The third-order valence-electron chi connectivity index (χ3n) is 3.06. The first-order chi connectivity index (χ1) is 9.79. The second-order valence-electron chi connectivity index (χ2n) is 4.89. The van der Waals surface area contributed by atoms with Crippen LogP contribution in [0.3, 0.4) is 0 Å². The maximum Gasteiger partial charge on any atom is 0.418 e. The Kier molecular flexibility index (Phi) is 4.20. The van der Waals surface area contributed by atoms with Crippen LogP contribution in [-0.2, 0) is 20.5 Å². The summed E-state index contributed by atoms with van der Waals surface area (Å²) in [6.45, 7) is 1.33. The molecule has 1 aliphatic carbocycles. The van der Waals surface area contributed by atoms with Crippen molar-refractivity contribution in [1.82, 2.24) is 0 Å². The number of hydrogen-bond acceptors (Lipinski definition) is 3. The Hall–Kier alpha value is -2.05. The summed E-state index contributed by atoms with van der Waals surface area (Å²) in [6, 6.07) is 4.63. The number of rotatable bonds is 4. The van der Waals surface area contributed by atoms with E-state index < -0.39 is 29.7 Å². The molecular weight excluding hydrogens is 287 g/mol. The number of benzene rings is 1. The van der Waals surface area contributed by atoms with E-state index in [0.717, 1.165) is 25.0 Å². The predicted octanol–water partition coefficient (Wildman–Crippen LogP) is 2.99. The topological polar surface area (TPSA) is 55.4 Å². The van der Waals surface area contributed by atoms with E-state index >= 15 is 0 Å². The Morgan fingerprint density at radius 1 is 1.29 bits per heavy atom. The molecule has 0 bridgehead atoms. The zero-order chi connectivity index (χ0) is 15.6. The van der Waals surface area contributed by atoms with Gasteiger partial charge in [0.15, 0.2) is 6.10 Å². The van der Waals surface area contributed by atoms with Gasteiger partial charge in [-0.1, -0.05) is 12.1 Å². The second kappa shape index (κ2) is 5.75. The van der Waals surface area contributed by atoms with E-state index in [0.29, 0.717) is 0 Å². The first-order valence-electron chi connectivity index (χ1n) is 6.46. The fourth-order valence-corrected chi connectivity index (χ4v) is 1.72. The highest BCUT2D eigenvalue weighted by Crippen LogP contribution is 2.34. The quantitative estimate of drug-likeness (QED) is 0.870. The van der Waals surface area contributed by atoms with Gasteiger partial charge in [-0.2, -0.15) is 13.2 Å². The lowest BCUT2D eigenvalue weighted by Crippen LogP contribution is -2.31. The highest BCUT2D eigenvalue weighted by Gasteiger charge is 2.35. The lowest BCUT2D eigenvalue weighted by atomic mass is 10.1. The average Bonchev–Trinajstić information content (AvgIpc) is 3.22. The maximum atomic E-state index is 12.8. The van der Waals surface area contributed by atoms with Crippen LogP contribution in [0.1, 0.15) is 25.3 Å². The summed E-state index contributed by atoms with van der Waals surface area (Å²) < 4.78 is 43.3. The summed E-state index contributed by atoms with van der Waals surface area (Å²) in [4.78, 5) is 23.2. The number of halogens is 3. The van der Waals surface area contributed by atoms with Gasteiger partial charge in [0.2, 0.25) is 0 Å². The van der Waals surface area contributed by atoms with E-state index in [1.54, 1.807) is 0 Å². The molecule has 0 heterocycles. The molecule has 0 spiro atoms. The third-order valence-corrected chi connectivity index (χ3v) is 3.06. The van der Waals surface area contributed by atoms with Crippen LogP contribution in [0.25, 0.3) is 0 Å². The number of hydrogen-bond donors (Lipinski definition) is 1. The molecule has 4 nitrogen and oxygen atoms in total. The molecule has 0 aromatic heterocycles. The summed E-state index contributed by atoms with van der Waals surface area (Å²) in [7, 11) is 0. The lowest BCUT2D eigenvalue weighted by molar-refractivity contribution is -0.154. The molecular formula is C14H14F3NO3. The molecule has 7 heteroatoms. The third kappa shape index (κ3) is 3.96. The second-order valence-corrected chi connectivity index (χ2v) is 4.89.